The fraction of sp³-hybridized carbons (Fsp3) is 0.115. The number of hydrogen-bond donors (Lipinski definition) is 2. The molecule has 292 valence electrons. The van der Waals surface area contributed by atoms with Crippen molar-refractivity contribution in [3.63, 3.8) is 0 Å². The molecule has 5 heterocycles. The molecule has 11 aromatic rings. The Balaban J connectivity index is 0.960. The number of aryl methyl sites for hydroxylation is 2. The molecule has 0 aliphatic rings. The number of rotatable bonds is 7. The minimum Gasteiger partial charge on any atom is -0.457 e. The molecule has 0 atom stereocenters. The first-order valence-electron chi connectivity index (χ1n) is 20.4. The molecule has 0 unspecified atom stereocenters. The molecule has 0 spiro atoms. The maximum absolute atomic E-state index is 6.62. The van der Waals surface area contributed by atoms with E-state index in [0.29, 0.717) is 0 Å². The summed E-state index contributed by atoms with van der Waals surface area (Å²) in [7, 11) is 4.32. The predicted molar refractivity (Wildman–Crippen MR) is 249 cm³/mol. The van der Waals surface area contributed by atoms with Gasteiger partial charge in [-0.1, -0.05) is 75.4 Å². The third-order valence-corrected chi connectivity index (χ3v) is 11.9. The molecule has 0 saturated heterocycles. The smallest absolute Gasteiger partial charge is 0.137 e. The Morgan fingerprint density at radius 3 is 1.87 bits per heavy atom. The first-order valence-corrected chi connectivity index (χ1v) is 20.4. The fourth-order valence-corrected chi connectivity index (χ4v) is 9.01. The van der Waals surface area contributed by atoms with Crippen molar-refractivity contribution in [3.05, 3.63) is 164 Å². The zero-order chi connectivity index (χ0) is 40.7. The van der Waals surface area contributed by atoms with Crippen molar-refractivity contribution in [2.75, 3.05) is 10.6 Å². The lowest BCUT2D eigenvalue weighted by atomic mass is 9.88. The summed E-state index contributed by atoms with van der Waals surface area (Å²) in [6.07, 6.45) is 3.74. The highest BCUT2D eigenvalue weighted by atomic mass is 16.5. The fourth-order valence-electron chi connectivity index (χ4n) is 9.01. The predicted octanol–water partition coefficient (Wildman–Crippen LogP) is 13.4. The number of hydrogen-bond acceptors (Lipinski definition) is 5. The summed E-state index contributed by atoms with van der Waals surface area (Å²) >= 11 is 0. The number of ether oxygens (including phenoxy) is 1. The van der Waals surface area contributed by atoms with Crippen LogP contribution in [-0.4, -0.2) is 23.7 Å². The average Bonchev–Trinajstić information content (AvgIpc) is 3.85. The van der Waals surface area contributed by atoms with Crippen LogP contribution >= 0.6 is 0 Å². The molecule has 60 heavy (non-hydrogen) atoms. The van der Waals surface area contributed by atoms with Gasteiger partial charge >= 0.3 is 0 Å². The van der Waals surface area contributed by atoms with Crippen LogP contribution in [0.5, 0.6) is 11.5 Å². The van der Waals surface area contributed by atoms with Gasteiger partial charge in [0.1, 0.15) is 17.3 Å². The zero-order valence-corrected chi connectivity index (χ0v) is 34.2. The number of nitrogens with zero attached hydrogens (tertiary/aromatic N) is 5. The number of anilines is 4. The Bertz CT molecular complexity index is 3400. The number of nitrogens with one attached hydrogen (secondary N) is 2. The Hall–Kier alpha value is -7.58. The van der Waals surface area contributed by atoms with Crippen LogP contribution in [0.3, 0.4) is 0 Å². The molecular formula is C52H43N7O. The van der Waals surface area contributed by atoms with Crippen LogP contribution in [0.25, 0.3) is 71.4 Å². The summed E-state index contributed by atoms with van der Waals surface area (Å²) in [5.74, 6) is 2.29. The molecule has 0 aliphatic heterocycles. The van der Waals surface area contributed by atoms with Crippen molar-refractivity contribution in [3.8, 4) is 17.3 Å². The number of aromatic nitrogens is 5. The van der Waals surface area contributed by atoms with E-state index in [1.54, 1.807) is 0 Å². The first kappa shape index (κ1) is 35.6. The summed E-state index contributed by atoms with van der Waals surface area (Å²) in [5, 5.41) is 13.6. The van der Waals surface area contributed by atoms with Crippen LogP contribution in [0, 0.1) is 0 Å². The van der Waals surface area contributed by atoms with Crippen molar-refractivity contribution in [1.82, 2.24) is 23.7 Å². The van der Waals surface area contributed by atoms with Crippen LogP contribution in [-0.2, 0) is 19.5 Å². The van der Waals surface area contributed by atoms with E-state index >= 15 is 0 Å². The summed E-state index contributed by atoms with van der Waals surface area (Å²) in [6, 6.07) is 50.7. The van der Waals surface area contributed by atoms with Gasteiger partial charge in [0, 0.05) is 82.3 Å². The quantitative estimate of drug-likeness (QED) is 0.168. The second-order valence-corrected chi connectivity index (χ2v) is 16.7. The van der Waals surface area contributed by atoms with Gasteiger partial charge in [-0.15, -0.1) is 0 Å². The number of pyridine rings is 2. The van der Waals surface area contributed by atoms with E-state index in [-0.39, 0.29) is 5.41 Å². The van der Waals surface area contributed by atoms with Gasteiger partial charge in [0.2, 0.25) is 0 Å². The Morgan fingerprint density at radius 1 is 0.500 bits per heavy atom. The van der Waals surface area contributed by atoms with Crippen molar-refractivity contribution >= 4 is 88.3 Å². The van der Waals surface area contributed by atoms with E-state index in [1.807, 2.05) is 42.7 Å². The minimum absolute atomic E-state index is 0.0210. The van der Waals surface area contributed by atoms with Crippen molar-refractivity contribution in [2.45, 2.75) is 26.2 Å². The summed E-state index contributed by atoms with van der Waals surface area (Å²) in [4.78, 5) is 9.61. The second-order valence-electron chi connectivity index (χ2n) is 16.7. The molecule has 11 rings (SSSR count). The highest BCUT2D eigenvalue weighted by Crippen LogP contribution is 2.44. The monoisotopic (exact) mass is 781 g/mol. The Morgan fingerprint density at radius 2 is 1.15 bits per heavy atom. The lowest BCUT2D eigenvalue weighted by molar-refractivity contribution is 0.483. The van der Waals surface area contributed by atoms with Crippen molar-refractivity contribution in [1.29, 1.82) is 0 Å². The largest absolute Gasteiger partial charge is 0.457 e. The summed E-state index contributed by atoms with van der Waals surface area (Å²) < 4.78 is 13.4. The zero-order valence-electron chi connectivity index (χ0n) is 34.2. The topological polar surface area (TPSA) is 73.9 Å². The summed E-state index contributed by atoms with van der Waals surface area (Å²) in [5.41, 5.74) is 12.7. The lowest BCUT2D eigenvalue weighted by Crippen LogP contribution is -2.12. The summed E-state index contributed by atoms with van der Waals surface area (Å²) in [6.45, 7) is 6.67. The SMILES string of the molecule is Cn1c2ccccc2c2cc3c4ccccc4n(C)c3c(Nc3ccccc3Nc3cccc(Oc4ccc5c6ncccc6n(-c6cc(C(C)(C)C)ccn6)c5c4)c3)c21. The molecule has 0 amide bonds. The van der Waals surface area contributed by atoms with Crippen LogP contribution in [0.1, 0.15) is 26.3 Å². The van der Waals surface area contributed by atoms with Crippen LogP contribution in [0.15, 0.2) is 158 Å². The number of fused-ring (bicyclic) bond motifs is 9. The maximum atomic E-state index is 6.62. The van der Waals surface area contributed by atoms with Crippen LogP contribution < -0.4 is 15.4 Å². The van der Waals surface area contributed by atoms with Gasteiger partial charge in [0.05, 0.1) is 44.6 Å². The van der Waals surface area contributed by atoms with Crippen LogP contribution in [0.2, 0.25) is 0 Å². The van der Waals surface area contributed by atoms with E-state index in [9.17, 15) is 0 Å². The molecule has 8 nitrogen and oxygen atoms in total. The molecule has 6 aromatic carbocycles. The third kappa shape index (κ3) is 5.67. The number of benzene rings is 6. The molecule has 0 bridgehead atoms. The molecule has 5 aromatic heterocycles. The third-order valence-electron chi connectivity index (χ3n) is 11.9. The van der Waals surface area contributed by atoms with Gasteiger partial charge in [0.25, 0.3) is 0 Å². The Kier molecular flexibility index (Phi) is 8.00. The van der Waals surface area contributed by atoms with E-state index in [2.05, 4.69) is 174 Å². The van der Waals surface area contributed by atoms with Crippen molar-refractivity contribution < 1.29 is 4.74 Å². The van der Waals surface area contributed by atoms with Gasteiger partial charge in [-0.3, -0.25) is 9.55 Å². The molecular weight excluding hydrogens is 739 g/mol. The van der Waals surface area contributed by atoms with Gasteiger partial charge in [0.15, 0.2) is 0 Å². The Labute approximate surface area is 347 Å². The normalized spacial score (nSPS) is 12.1. The van der Waals surface area contributed by atoms with Gasteiger partial charge in [-0.2, -0.15) is 0 Å². The van der Waals surface area contributed by atoms with Crippen LogP contribution in [0.4, 0.5) is 22.7 Å². The van der Waals surface area contributed by atoms with E-state index in [4.69, 9.17) is 14.7 Å². The average molecular weight is 782 g/mol. The van der Waals surface area contributed by atoms with E-state index in [0.717, 1.165) is 73.0 Å². The van der Waals surface area contributed by atoms with E-state index < -0.39 is 0 Å². The highest BCUT2D eigenvalue weighted by molar-refractivity contribution is 6.25. The highest BCUT2D eigenvalue weighted by Gasteiger charge is 2.22. The van der Waals surface area contributed by atoms with E-state index in [1.165, 1.54) is 38.1 Å². The van der Waals surface area contributed by atoms with Gasteiger partial charge in [-0.25, -0.2) is 4.98 Å². The molecule has 0 aliphatic carbocycles. The molecule has 0 radical (unpaired) electrons. The first-order chi connectivity index (χ1) is 29.2. The molecule has 2 N–H and O–H groups in total. The van der Waals surface area contributed by atoms with Gasteiger partial charge in [-0.05, 0) is 89.8 Å². The minimum atomic E-state index is -0.0210. The standard InChI is InChI=1S/C52H43N7O/c1-52(2,3)32-25-27-53-47(28-32)59-45-22-13-26-54-48(45)38-24-23-35(30-46(38)59)60-34-15-12-14-33(29-34)55-41-18-8-9-19-42(41)56-49-50-39(36-16-6-10-20-43(36)57(50)4)31-40-37-17-7-11-21-44(37)58(5)51(40)49/h6-31,55-56H,1-5H3. The molecule has 8 heteroatoms. The second kappa shape index (κ2) is 13.5. The molecule has 0 saturated carbocycles. The van der Waals surface area contributed by atoms with Crippen molar-refractivity contribution in [2.24, 2.45) is 14.1 Å². The van der Waals surface area contributed by atoms with Gasteiger partial charge < -0.3 is 24.5 Å². The lowest BCUT2D eigenvalue weighted by Gasteiger charge is -2.20. The maximum Gasteiger partial charge on any atom is 0.137 e. The molecule has 0 fully saturated rings. The number of para-hydroxylation sites is 4.